The van der Waals surface area contributed by atoms with E-state index in [-0.39, 0.29) is 11.8 Å². The Balaban J connectivity index is 0.000000320. The van der Waals surface area contributed by atoms with Crippen molar-refractivity contribution in [3.05, 3.63) is 47.8 Å². The van der Waals surface area contributed by atoms with Crippen molar-refractivity contribution in [2.75, 3.05) is 26.4 Å². The minimum Gasteiger partial charge on any atom is -0.468 e. The van der Waals surface area contributed by atoms with Gasteiger partial charge in [-0.05, 0) is 12.1 Å². The lowest BCUT2D eigenvalue weighted by molar-refractivity contribution is -0.154. The van der Waals surface area contributed by atoms with Crippen LogP contribution < -0.4 is 9.47 Å². The van der Waals surface area contributed by atoms with E-state index in [0.717, 1.165) is 12.4 Å². The molecule has 2 unspecified atom stereocenters. The summed E-state index contributed by atoms with van der Waals surface area (Å²) in [6, 6.07) is 5.05. The summed E-state index contributed by atoms with van der Waals surface area (Å²) < 4.78 is 79.4. The van der Waals surface area contributed by atoms with Crippen molar-refractivity contribution in [2.24, 2.45) is 0 Å². The van der Waals surface area contributed by atoms with Crippen LogP contribution in [0.15, 0.2) is 36.7 Å². The Morgan fingerprint density at radius 2 is 1.03 bits per heavy atom. The third-order valence-corrected chi connectivity index (χ3v) is 3.40. The van der Waals surface area contributed by atoms with Gasteiger partial charge in [-0.1, -0.05) is 0 Å². The van der Waals surface area contributed by atoms with Gasteiger partial charge in [0.2, 0.25) is 11.8 Å². The van der Waals surface area contributed by atoms with E-state index in [4.69, 9.17) is 20.4 Å². The van der Waals surface area contributed by atoms with E-state index >= 15 is 0 Å². The molecule has 0 aliphatic carbocycles. The summed E-state index contributed by atoms with van der Waals surface area (Å²) in [6.45, 7) is -3.79. The Morgan fingerprint density at radius 3 is 1.25 bits per heavy atom. The van der Waals surface area contributed by atoms with Gasteiger partial charge in [0.15, 0.2) is 13.2 Å². The first kappa shape index (κ1) is 27.4. The molecule has 0 aromatic carbocycles. The van der Waals surface area contributed by atoms with Crippen LogP contribution in [0.4, 0.5) is 26.3 Å². The number of hydrogen-bond acceptors (Lipinski definition) is 8. The van der Waals surface area contributed by atoms with Crippen molar-refractivity contribution in [2.45, 2.75) is 24.6 Å². The molecule has 0 aliphatic rings. The van der Waals surface area contributed by atoms with Crippen LogP contribution in [-0.2, 0) is 0 Å². The molecule has 2 aromatic heterocycles. The van der Waals surface area contributed by atoms with Gasteiger partial charge in [-0.25, -0.2) is 9.97 Å². The van der Waals surface area contributed by atoms with Crippen LogP contribution in [-0.4, -0.2) is 69.2 Å². The Kier molecular flexibility index (Phi) is 10.6. The van der Waals surface area contributed by atoms with Crippen LogP contribution >= 0.6 is 0 Å². The number of ether oxygens (including phenoxy) is 2. The summed E-state index contributed by atoms with van der Waals surface area (Å²) in [4.78, 5) is 7.11. The van der Waals surface area contributed by atoms with Gasteiger partial charge in [-0.15, -0.1) is 0 Å². The summed E-state index contributed by atoms with van der Waals surface area (Å²) in [5.41, 5.74) is 0.615. The average Bonchev–Trinajstić information content (AvgIpc) is 2.75. The number of aliphatic hydroxyl groups excluding tert-OH is 4. The lowest BCUT2D eigenvalue weighted by atomic mass is 10.2. The number of halogens is 6. The molecule has 2 heterocycles. The highest BCUT2D eigenvalue weighted by molar-refractivity contribution is 5.20. The van der Waals surface area contributed by atoms with E-state index in [1.54, 1.807) is 0 Å². The molecule has 4 N–H and O–H groups in total. The standard InChI is InChI=1S/2C9H10F3NO3/c2*10-9(11,12)5-16-8-2-1-6(3-13-8)7(15)4-14/h2*1-3,7,14-15H,4-5H2. The van der Waals surface area contributed by atoms with E-state index in [2.05, 4.69) is 19.4 Å². The van der Waals surface area contributed by atoms with E-state index in [1.165, 1.54) is 24.3 Å². The van der Waals surface area contributed by atoms with Gasteiger partial charge in [0, 0.05) is 35.7 Å². The Hall–Kier alpha value is -2.68. The molecule has 32 heavy (non-hydrogen) atoms. The summed E-state index contributed by atoms with van der Waals surface area (Å²) in [7, 11) is 0. The number of hydrogen-bond donors (Lipinski definition) is 4. The molecule has 0 saturated heterocycles. The van der Waals surface area contributed by atoms with Gasteiger partial charge in [-0.2, -0.15) is 26.3 Å². The largest absolute Gasteiger partial charge is 0.468 e. The highest BCUT2D eigenvalue weighted by Crippen LogP contribution is 2.19. The van der Waals surface area contributed by atoms with Crippen molar-refractivity contribution in [1.82, 2.24) is 9.97 Å². The predicted molar refractivity (Wildman–Crippen MR) is 95.7 cm³/mol. The molecule has 0 saturated carbocycles. The molecule has 0 radical (unpaired) electrons. The maximum absolute atomic E-state index is 11.8. The van der Waals surface area contributed by atoms with Gasteiger partial charge >= 0.3 is 12.4 Å². The highest BCUT2D eigenvalue weighted by Gasteiger charge is 2.29. The van der Waals surface area contributed by atoms with Gasteiger partial charge in [0.25, 0.3) is 0 Å². The van der Waals surface area contributed by atoms with Crippen LogP contribution in [0.25, 0.3) is 0 Å². The first-order chi connectivity index (χ1) is 14.8. The second-order valence-electron chi connectivity index (χ2n) is 6.06. The van der Waals surface area contributed by atoms with Crippen LogP contribution in [0.5, 0.6) is 11.8 Å². The van der Waals surface area contributed by atoms with E-state index in [0.29, 0.717) is 11.1 Å². The minimum atomic E-state index is -4.41. The lowest BCUT2D eigenvalue weighted by Crippen LogP contribution is -2.19. The molecule has 0 spiro atoms. The maximum Gasteiger partial charge on any atom is 0.422 e. The third-order valence-electron chi connectivity index (χ3n) is 3.40. The molecule has 0 aliphatic heterocycles. The van der Waals surface area contributed by atoms with Crippen LogP contribution in [0, 0.1) is 0 Å². The molecule has 180 valence electrons. The third kappa shape index (κ3) is 11.1. The molecular formula is C18H20F6N2O6. The summed E-state index contributed by atoms with van der Waals surface area (Å²) in [5, 5.41) is 35.6. The zero-order chi connectivity index (χ0) is 24.4. The molecule has 2 atom stereocenters. The highest BCUT2D eigenvalue weighted by atomic mass is 19.4. The first-order valence-corrected chi connectivity index (χ1v) is 8.73. The number of aliphatic hydroxyl groups is 4. The second kappa shape index (κ2) is 12.4. The number of pyridine rings is 2. The number of nitrogens with zero attached hydrogens (tertiary/aromatic N) is 2. The normalized spacial score (nSPS) is 13.6. The molecule has 2 aromatic rings. The fraction of sp³-hybridized carbons (Fsp3) is 0.444. The molecule has 8 nitrogen and oxygen atoms in total. The van der Waals surface area contributed by atoms with Crippen LogP contribution in [0.3, 0.4) is 0 Å². The Bertz CT molecular complexity index is 719. The van der Waals surface area contributed by atoms with E-state index in [9.17, 15) is 26.3 Å². The van der Waals surface area contributed by atoms with Gasteiger partial charge in [0.1, 0.15) is 12.2 Å². The molecule has 0 amide bonds. The smallest absolute Gasteiger partial charge is 0.422 e. The molecule has 0 fully saturated rings. The zero-order valence-corrected chi connectivity index (χ0v) is 16.2. The van der Waals surface area contributed by atoms with E-state index < -0.39 is 51.0 Å². The topological polar surface area (TPSA) is 125 Å². The monoisotopic (exact) mass is 474 g/mol. The number of alkyl halides is 6. The quantitative estimate of drug-likeness (QED) is 0.429. The maximum atomic E-state index is 11.8. The molecule has 2 rings (SSSR count). The van der Waals surface area contributed by atoms with Gasteiger partial charge in [-0.3, -0.25) is 0 Å². The van der Waals surface area contributed by atoms with E-state index in [1.807, 2.05) is 0 Å². The average molecular weight is 474 g/mol. The minimum absolute atomic E-state index is 0.189. The number of aromatic nitrogens is 2. The van der Waals surface area contributed by atoms with Crippen molar-refractivity contribution in [1.29, 1.82) is 0 Å². The van der Waals surface area contributed by atoms with Crippen LogP contribution in [0.1, 0.15) is 23.3 Å². The fourth-order valence-electron chi connectivity index (χ4n) is 1.87. The molecular weight excluding hydrogens is 454 g/mol. The second-order valence-corrected chi connectivity index (χ2v) is 6.06. The van der Waals surface area contributed by atoms with Crippen LogP contribution in [0.2, 0.25) is 0 Å². The Labute approximate surface area is 177 Å². The Morgan fingerprint density at radius 1 is 0.688 bits per heavy atom. The zero-order valence-electron chi connectivity index (χ0n) is 16.2. The fourth-order valence-corrected chi connectivity index (χ4v) is 1.87. The summed E-state index contributed by atoms with van der Waals surface area (Å²) >= 11 is 0. The molecule has 0 bridgehead atoms. The summed E-state index contributed by atoms with van der Waals surface area (Å²) in [5.74, 6) is -0.377. The van der Waals surface area contributed by atoms with Crippen molar-refractivity contribution in [3.8, 4) is 11.8 Å². The predicted octanol–water partition coefficient (Wildman–Crippen LogP) is 2.10. The summed E-state index contributed by atoms with van der Waals surface area (Å²) in [6.07, 6.45) is -8.72. The number of rotatable bonds is 8. The van der Waals surface area contributed by atoms with Gasteiger partial charge in [0.05, 0.1) is 13.2 Å². The van der Waals surface area contributed by atoms with Crippen molar-refractivity contribution >= 4 is 0 Å². The molecule has 14 heteroatoms. The first-order valence-electron chi connectivity index (χ1n) is 8.73. The van der Waals surface area contributed by atoms with Crippen molar-refractivity contribution in [3.63, 3.8) is 0 Å². The SMILES string of the molecule is OCC(O)c1ccc(OCC(F)(F)F)nc1.OCC(O)c1ccc(OCC(F)(F)F)nc1. The lowest BCUT2D eigenvalue weighted by Gasteiger charge is -2.10. The van der Waals surface area contributed by atoms with Crippen molar-refractivity contribution < 1.29 is 56.2 Å². The van der Waals surface area contributed by atoms with Gasteiger partial charge < -0.3 is 29.9 Å².